The molecule has 1 atom stereocenters. The Bertz CT molecular complexity index is 1110. The van der Waals surface area contributed by atoms with E-state index in [0.717, 1.165) is 5.56 Å². The Morgan fingerprint density at radius 2 is 1.90 bits per heavy atom. The van der Waals surface area contributed by atoms with E-state index in [4.69, 9.17) is 16.0 Å². The summed E-state index contributed by atoms with van der Waals surface area (Å²) in [5.41, 5.74) is 1.13. The van der Waals surface area contributed by atoms with Crippen molar-refractivity contribution in [1.29, 1.82) is 0 Å². The molecule has 1 saturated heterocycles. The first-order valence-corrected chi connectivity index (χ1v) is 9.59. The molecule has 1 unspecified atom stereocenters. The quantitative estimate of drug-likeness (QED) is 0.639. The average Bonchev–Trinajstić information content (AvgIpc) is 3.37. The zero-order chi connectivity index (χ0) is 20.2. The van der Waals surface area contributed by atoms with Gasteiger partial charge in [-0.05, 0) is 47.5 Å². The lowest BCUT2D eigenvalue weighted by Crippen LogP contribution is -2.58. The van der Waals surface area contributed by atoms with Crippen molar-refractivity contribution in [2.75, 3.05) is 13.1 Å². The Kier molecular flexibility index (Phi) is 3.99. The number of nitrogens with zero attached hydrogens (tertiary/aromatic N) is 2. The summed E-state index contributed by atoms with van der Waals surface area (Å²) >= 11 is 6.08. The van der Waals surface area contributed by atoms with Crippen LogP contribution in [-0.2, 0) is 12.1 Å². The van der Waals surface area contributed by atoms with Gasteiger partial charge < -0.3 is 14.2 Å². The lowest BCUT2D eigenvalue weighted by molar-refractivity contribution is 0.00766. The molecule has 0 bridgehead atoms. The Balaban J connectivity index is 1.72. The van der Waals surface area contributed by atoms with Crippen molar-refractivity contribution >= 4 is 23.4 Å². The second-order valence-corrected chi connectivity index (χ2v) is 7.66. The van der Waals surface area contributed by atoms with Crippen molar-refractivity contribution < 1.29 is 18.4 Å². The second-order valence-electron chi connectivity index (χ2n) is 7.23. The molecule has 3 heterocycles. The third-order valence-corrected chi connectivity index (χ3v) is 5.99. The molecule has 2 aliphatic rings. The molecule has 146 valence electrons. The van der Waals surface area contributed by atoms with Crippen molar-refractivity contribution in [2.24, 2.45) is 0 Å². The molecular weight excluding hydrogens is 395 g/mol. The number of amides is 2. The standard InChI is InChI=1S/C22H16ClFN2O3/c23-17-3-1-16(2-4-17)22-12-15-11-18(24)5-6-19(15)21(28)26(22)9-8-25(22)20(27)14-7-10-29-13-14/h1-7,10-11,13H,8-9,12H2. The molecule has 0 radical (unpaired) electrons. The average molecular weight is 411 g/mol. The van der Waals surface area contributed by atoms with Gasteiger partial charge in [-0.2, -0.15) is 0 Å². The number of rotatable bonds is 2. The minimum absolute atomic E-state index is 0.219. The van der Waals surface area contributed by atoms with Crippen LogP contribution in [0.5, 0.6) is 0 Å². The smallest absolute Gasteiger partial charge is 0.259 e. The molecule has 5 nitrogen and oxygen atoms in total. The fourth-order valence-corrected chi connectivity index (χ4v) is 4.57. The first kappa shape index (κ1) is 17.9. The summed E-state index contributed by atoms with van der Waals surface area (Å²) in [5.74, 6) is -0.880. The number of carbonyl (C=O) groups excluding carboxylic acids is 2. The summed E-state index contributed by atoms with van der Waals surface area (Å²) in [6, 6.07) is 12.9. The molecule has 0 spiro atoms. The van der Waals surface area contributed by atoms with Crippen LogP contribution in [0.25, 0.3) is 0 Å². The number of halogens is 2. The zero-order valence-corrected chi connectivity index (χ0v) is 16.0. The zero-order valence-electron chi connectivity index (χ0n) is 15.3. The summed E-state index contributed by atoms with van der Waals surface area (Å²) in [4.78, 5) is 30.0. The number of hydrogen-bond acceptors (Lipinski definition) is 3. The summed E-state index contributed by atoms with van der Waals surface area (Å²) in [5, 5.41) is 0.552. The van der Waals surface area contributed by atoms with E-state index in [1.807, 2.05) is 12.1 Å². The van der Waals surface area contributed by atoms with Gasteiger partial charge in [0, 0.05) is 30.1 Å². The predicted molar refractivity (Wildman–Crippen MR) is 104 cm³/mol. The minimum atomic E-state index is -1.06. The van der Waals surface area contributed by atoms with Crippen LogP contribution < -0.4 is 0 Å². The Hall–Kier alpha value is -3.12. The van der Waals surface area contributed by atoms with Gasteiger partial charge >= 0.3 is 0 Å². The SMILES string of the molecule is O=C(c1ccoc1)N1CCN2C(=O)c3ccc(F)cc3CC12c1ccc(Cl)cc1. The fraction of sp³-hybridized carbons (Fsp3) is 0.182. The van der Waals surface area contributed by atoms with E-state index in [9.17, 15) is 14.0 Å². The molecule has 7 heteroatoms. The molecule has 5 rings (SSSR count). The van der Waals surface area contributed by atoms with Crippen LogP contribution in [0.15, 0.2) is 65.5 Å². The maximum absolute atomic E-state index is 14.0. The maximum Gasteiger partial charge on any atom is 0.259 e. The van der Waals surface area contributed by atoms with Crippen LogP contribution >= 0.6 is 11.6 Å². The molecule has 2 aliphatic heterocycles. The molecular formula is C22H16ClFN2O3. The van der Waals surface area contributed by atoms with E-state index in [0.29, 0.717) is 34.8 Å². The lowest BCUT2D eigenvalue weighted by atomic mass is 9.83. The lowest BCUT2D eigenvalue weighted by Gasteiger charge is -2.47. The van der Waals surface area contributed by atoms with Gasteiger partial charge in [0.05, 0.1) is 11.8 Å². The van der Waals surface area contributed by atoms with Crippen LogP contribution in [0.1, 0.15) is 31.8 Å². The van der Waals surface area contributed by atoms with Gasteiger partial charge in [-0.25, -0.2) is 4.39 Å². The van der Waals surface area contributed by atoms with Gasteiger partial charge in [0.2, 0.25) is 0 Å². The van der Waals surface area contributed by atoms with E-state index in [2.05, 4.69) is 0 Å². The molecule has 0 aliphatic carbocycles. The normalized spacial score (nSPS) is 20.6. The molecule has 1 aromatic heterocycles. The van der Waals surface area contributed by atoms with E-state index >= 15 is 0 Å². The molecule has 29 heavy (non-hydrogen) atoms. The number of carbonyl (C=O) groups is 2. The number of fused-ring (bicyclic) bond motifs is 2. The second kappa shape index (κ2) is 6.46. The molecule has 0 saturated carbocycles. The summed E-state index contributed by atoms with van der Waals surface area (Å²) in [7, 11) is 0. The Morgan fingerprint density at radius 1 is 1.10 bits per heavy atom. The molecule has 2 amide bonds. The van der Waals surface area contributed by atoms with E-state index in [1.165, 1.54) is 30.7 Å². The van der Waals surface area contributed by atoms with Gasteiger partial charge in [0.25, 0.3) is 11.8 Å². The highest BCUT2D eigenvalue weighted by molar-refractivity contribution is 6.30. The molecule has 3 aromatic rings. The summed E-state index contributed by atoms with van der Waals surface area (Å²) in [6.07, 6.45) is 3.11. The molecule has 2 aromatic carbocycles. The first-order valence-electron chi connectivity index (χ1n) is 9.21. The van der Waals surface area contributed by atoms with Gasteiger partial charge in [-0.3, -0.25) is 9.59 Å². The topological polar surface area (TPSA) is 53.8 Å². The van der Waals surface area contributed by atoms with Crippen molar-refractivity contribution in [3.8, 4) is 0 Å². The van der Waals surface area contributed by atoms with Crippen molar-refractivity contribution in [3.63, 3.8) is 0 Å². The van der Waals surface area contributed by atoms with Crippen LogP contribution in [0.3, 0.4) is 0 Å². The third-order valence-electron chi connectivity index (χ3n) is 5.74. The van der Waals surface area contributed by atoms with E-state index in [-0.39, 0.29) is 18.2 Å². The Morgan fingerprint density at radius 3 is 2.62 bits per heavy atom. The van der Waals surface area contributed by atoms with Gasteiger partial charge in [-0.1, -0.05) is 23.7 Å². The highest BCUT2D eigenvalue weighted by atomic mass is 35.5. The largest absolute Gasteiger partial charge is 0.472 e. The van der Waals surface area contributed by atoms with Gasteiger partial charge in [0.1, 0.15) is 17.7 Å². The minimum Gasteiger partial charge on any atom is -0.472 e. The van der Waals surface area contributed by atoms with Crippen LogP contribution in [0, 0.1) is 5.82 Å². The van der Waals surface area contributed by atoms with Gasteiger partial charge in [-0.15, -0.1) is 0 Å². The van der Waals surface area contributed by atoms with Crippen LogP contribution in [0.2, 0.25) is 5.02 Å². The Labute approximate surface area is 171 Å². The summed E-state index contributed by atoms with van der Waals surface area (Å²) in [6.45, 7) is 0.733. The number of benzene rings is 2. The number of furan rings is 1. The predicted octanol–water partition coefficient (Wildman–Crippen LogP) is 4.08. The van der Waals surface area contributed by atoms with E-state index in [1.54, 1.807) is 28.0 Å². The number of hydrogen-bond donors (Lipinski definition) is 0. The monoisotopic (exact) mass is 410 g/mol. The summed E-state index contributed by atoms with van der Waals surface area (Å²) < 4.78 is 19.1. The van der Waals surface area contributed by atoms with Crippen LogP contribution in [-0.4, -0.2) is 34.7 Å². The van der Waals surface area contributed by atoms with Crippen LogP contribution in [0.4, 0.5) is 4.39 Å². The first-order chi connectivity index (χ1) is 14.0. The fourth-order valence-electron chi connectivity index (χ4n) is 4.45. The van der Waals surface area contributed by atoms with Gasteiger partial charge in [0.15, 0.2) is 0 Å². The highest BCUT2D eigenvalue weighted by Crippen LogP contribution is 2.45. The highest BCUT2D eigenvalue weighted by Gasteiger charge is 2.55. The van der Waals surface area contributed by atoms with Crippen molar-refractivity contribution in [1.82, 2.24) is 9.80 Å². The van der Waals surface area contributed by atoms with E-state index < -0.39 is 11.5 Å². The third kappa shape index (κ3) is 2.59. The molecule has 0 N–H and O–H groups in total. The van der Waals surface area contributed by atoms with Crippen molar-refractivity contribution in [3.05, 3.63) is 94.2 Å². The van der Waals surface area contributed by atoms with Crippen molar-refractivity contribution in [2.45, 2.75) is 12.1 Å². The molecule has 1 fully saturated rings. The maximum atomic E-state index is 14.0.